The summed E-state index contributed by atoms with van der Waals surface area (Å²) < 4.78 is 33.4. The molecule has 0 spiro atoms. The van der Waals surface area contributed by atoms with Crippen molar-refractivity contribution >= 4 is 0 Å². The fourth-order valence-corrected chi connectivity index (χ4v) is 1.38. The molecule has 1 aliphatic heterocycles. The second-order valence-electron chi connectivity index (χ2n) is 2.71. The van der Waals surface area contributed by atoms with Crippen molar-refractivity contribution in [2.75, 3.05) is 0 Å². The Morgan fingerprint density at radius 2 is 2.18 bits per heavy atom. The van der Waals surface area contributed by atoms with Crippen LogP contribution in [-0.2, 0) is 9.47 Å². The Hall–Kier alpha value is -0.480. The lowest BCUT2D eigenvalue weighted by Gasteiger charge is -2.14. The van der Waals surface area contributed by atoms with E-state index in [-0.39, 0.29) is 0 Å². The molecule has 2 aliphatic rings. The van der Waals surface area contributed by atoms with Gasteiger partial charge in [-0.3, -0.25) is 9.47 Å². The van der Waals surface area contributed by atoms with E-state index in [1.165, 1.54) is 0 Å². The van der Waals surface area contributed by atoms with Crippen LogP contribution in [0.25, 0.3) is 0 Å². The van der Waals surface area contributed by atoms with Crippen molar-refractivity contribution in [2.45, 2.75) is 31.3 Å². The molecule has 2 atom stereocenters. The minimum Gasteiger partial charge on any atom is -0.289 e. The summed E-state index contributed by atoms with van der Waals surface area (Å²) in [4.78, 5) is 0. The molecule has 1 aliphatic carbocycles. The molecule has 0 aromatic rings. The van der Waals surface area contributed by atoms with Crippen LogP contribution in [-0.4, -0.2) is 18.5 Å². The van der Waals surface area contributed by atoms with Crippen LogP contribution in [0.15, 0.2) is 12.2 Å². The van der Waals surface area contributed by atoms with Gasteiger partial charge in [-0.25, -0.2) is 0 Å². The van der Waals surface area contributed by atoms with Crippen molar-refractivity contribution in [1.29, 1.82) is 0 Å². The van der Waals surface area contributed by atoms with Crippen molar-refractivity contribution in [2.24, 2.45) is 0 Å². The number of hydrogen-bond acceptors (Lipinski definition) is 2. The smallest absolute Gasteiger partial charge is 0.289 e. The molecule has 11 heavy (non-hydrogen) atoms. The van der Waals surface area contributed by atoms with Gasteiger partial charge in [-0.2, -0.15) is 0 Å². The highest BCUT2D eigenvalue weighted by Crippen LogP contribution is 2.35. The molecule has 2 unspecified atom stereocenters. The Labute approximate surface area is 62.8 Å². The third-order valence-electron chi connectivity index (χ3n) is 1.87. The first-order valence-electron chi connectivity index (χ1n) is 3.57. The van der Waals surface area contributed by atoms with Crippen LogP contribution in [0.1, 0.15) is 12.8 Å². The van der Waals surface area contributed by atoms with E-state index in [2.05, 4.69) is 9.47 Å². The second-order valence-corrected chi connectivity index (χ2v) is 2.71. The number of ether oxygens (including phenoxy) is 2. The van der Waals surface area contributed by atoms with Crippen LogP contribution in [0.5, 0.6) is 0 Å². The normalized spacial score (nSPS) is 40.5. The lowest BCUT2D eigenvalue weighted by Crippen LogP contribution is -2.22. The van der Waals surface area contributed by atoms with Crippen LogP contribution in [0.2, 0.25) is 0 Å². The fourth-order valence-electron chi connectivity index (χ4n) is 1.38. The molecule has 2 nitrogen and oxygen atoms in total. The number of rotatable bonds is 0. The highest BCUT2D eigenvalue weighted by atomic mass is 19.3. The summed E-state index contributed by atoms with van der Waals surface area (Å²) >= 11 is 0. The Bertz CT molecular complexity index is 191. The van der Waals surface area contributed by atoms with Gasteiger partial charge < -0.3 is 0 Å². The van der Waals surface area contributed by atoms with Crippen molar-refractivity contribution < 1.29 is 18.3 Å². The molecule has 4 heteroatoms. The SMILES string of the molecule is FC1(F)OC2C=CCCC2O1. The van der Waals surface area contributed by atoms with Gasteiger partial charge in [0.15, 0.2) is 0 Å². The lowest BCUT2D eigenvalue weighted by atomic mass is 10.0. The zero-order chi connectivity index (χ0) is 7.90. The zero-order valence-electron chi connectivity index (χ0n) is 5.80. The van der Waals surface area contributed by atoms with Crippen molar-refractivity contribution in [1.82, 2.24) is 0 Å². The van der Waals surface area contributed by atoms with E-state index in [1.807, 2.05) is 6.08 Å². The third-order valence-corrected chi connectivity index (χ3v) is 1.87. The summed E-state index contributed by atoms with van der Waals surface area (Å²) in [6.45, 7) is 0. The summed E-state index contributed by atoms with van der Waals surface area (Å²) in [5.41, 5.74) is 0. The maximum atomic E-state index is 12.4. The first kappa shape index (κ1) is 7.18. The summed E-state index contributed by atoms with van der Waals surface area (Å²) in [7, 11) is 0. The maximum Gasteiger partial charge on any atom is 0.486 e. The van der Waals surface area contributed by atoms with E-state index in [0.29, 0.717) is 6.42 Å². The third kappa shape index (κ3) is 1.28. The number of fused-ring (bicyclic) bond motifs is 1. The van der Waals surface area contributed by atoms with Crippen LogP contribution < -0.4 is 0 Å². The quantitative estimate of drug-likeness (QED) is 0.504. The zero-order valence-corrected chi connectivity index (χ0v) is 5.80. The van der Waals surface area contributed by atoms with E-state index >= 15 is 0 Å². The Morgan fingerprint density at radius 3 is 2.91 bits per heavy atom. The molecule has 1 fully saturated rings. The molecule has 0 amide bonds. The molecule has 62 valence electrons. The molecule has 0 N–H and O–H groups in total. The minimum atomic E-state index is -3.37. The highest BCUT2D eigenvalue weighted by molar-refractivity contribution is 5.01. The first-order chi connectivity index (χ1) is 5.17. The predicted molar refractivity (Wildman–Crippen MR) is 33.1 cm³/mol. The molecule has 2 rings (SSSR count). The van der Waals surface area contributed by atoms with E-state index in [1.54, 1.807) is 6.08 Å². The van der Waals surface area contributed by atoms with E-state index in [4.69, 9.17) is 0 Å². The topological polar surface area (TPSA) is 18.5 Å². The Balaban J connectivity index is 2.12. The highest BCUT2D eigenvalue weighted by Gasteiger charge is 2.48. The molecule has 1 saturated heterocycles. The number of halogens is 2. The van der Waals surface area contributed by atoms with Crippen molar-refractivity contribution in [3.05, 3.63) is 12.2 Å². The minimum absolute atomic E-state index is 0.449. The van der Waals surface area contributed by atoms with Crippen LogP contribution >= 0.6 is 0 Å². The fraction of sp³-hybridized carbons (Fsp3) is 0.714. The second kappa shape index (κ2) is 2.25. The van der Waals surface area contributed by atoms with Gasteiger partial charge in [0, 0.05) is 0 Å². The summed E-state index contributed by atoms with van der Waals surface area (Å²) in [6.07, 6.45) is 0.524. The van der Waals surface area contributed by atoms with Crippen molar-refractivity contribution in [3.8, 4) is 0 Å². The average molecular weight is 162 g/mol. The van der Waals surface area contributed by atoms with Gasteiger partial charge in [-0.1, -0.05) is 12.2 Å². The van der Waals surface area contributed by atoms with Crippen molar-refractivity contribution in [3.63, 3.8) is 0 Å². The van der Waals surface area contributed by atoms with E-state index < -0.39 is 18.5 Å². The van der Waals surface area contributed by atoms with Gasteiger partial charge in [0.25, 0.3) is 0 Å². The molecule has 0 bridgehead atoms. The molecule has 0 radical (unpaired) electrons. The molecule has 0 saturated carbocycles. The molecular formula is C7H8F2O2. The van der Waals surface area contributed by atoms with Gasteiger partial charge in [0.2, 0.25) is 0 Å². The molecule has 0 aromatic carbocycles. The Morgan fingerprint density at radius 1 is 1.36 bits per heavy atom. The molecular weight excluding hydrogens is 154 g/mol. The number of allylic oxidation sites excluding steroid dienone is 1. The van der Waals surface area contributed by atoms with Crippen LogP contribution in [0, 0.1) is 0 Å². The van der Waals surface area contributed by atoms with Crippen LogP contribution in [0.4, 0.5) is 8.78 Å². The predicted octanol–water partition coefficient (Wildman–Crippen LogP) is 1.67. The first-order valence-corrected chi connectivity index (χ1v) is 3.57. The van der Waals surface area contributed by atoms with Gasteiger partial charge in [-0.05, 0) is 12.8 Å². The molecule has 0 aromatic heterocycles. The van der Waals surface area contributed by atoms with Gasteiger partial charge >= 0.3 is 6.29 Å². The van der Waals surface area contributed by atoms with Gasteiger partial charge in [0.1, 0.15) is 6.10 Å². The Kier molecular flexibility index (Phi) is 1.47. The maximum absolute atomic E-state index is 12.4. The van der Waals surface area contributed by atoms with E-state index in [9.17, 15) is 8.78 Å². The standard InChI is InChI=1S/C7H8F2O2/c8-7(9)10-5-3-1-2-4-6(5)11-7/h1,3,5-6H,2,4H2. The van der Waals surface area contributed by atoms with Gasteiger partial charge in [-0.15, -0.1) is 8.78 Å². The summed E-state index contributed by atoms with van der Waals surface area (Å²) in [5.74, 6) is 0. The summed E-state index contributed by atoms with van der Waals surface area (Å²) in [6, 6.07) is 0. The van der Waals surface area contributed by atoms with Crippen LogP contribution in [0.3, 0.4) is 0 Å². The largest absolute Gasteiger partial charge is 0.486 e. The average Bonchev–Trinajstić information content (AvgIpc) is 2.21. The lowest BCUT2D eigenvalue weighted by molar-refractivity contribution is -0.349. The molecule has 1 heterocycles. The monoisotopic (exact) mass is 162 g/mol. The summed E-state index contributed by atoms with van der Waals surface area (Å²) in [5, 5.41) is 0. The number of alkyl halides is 2. The number of hydrogen-bond donors (Lipinski definition) is 0. The van der Waals surface area contributed by atoms with Gasteiger partial charge in [0.05, 0.1) is 6.10 Å². The van der Waals surface area contributed by atoms with E-state index in [0.717, 1.165) is 6.42 Å².